The molecule has 3 heterocycles. The van der Waals surface area contributed by atoms with E-state index in [9.17, 15) is 0 Å². The third-order valence-electron chi connectivity index (χ3n) is 3.84. The SMILES string of the molecule is OCCN1CCC[C@H]1c1ccnc(Nc2ccccn2)c1. The Kier molecular flexibility index (Phi) is 4.43. The molecular weight excluding hydrogens is 264 g/mol. The maximum atomic E-state index is 9.17. The molecule has 2 aromatic rings. The maximum absolute atomic E-state index is 9.17. The number of anilines is 2. The van der Waals surface area contributed by atoms with E-state index in [1.165, 1.54) is 12.0 Å². The van der Waals surface area contributed by atoms with E-state index in [2.05, 4.69) is 32.3 Å². The molecule has 3 rings (SSSR count). The van der Waals surface area contributed by atoms with Gasteiger partial charge in [0.15, 0.2) is 0 Å². The van der Waals surface area contributed by atoms with Crippen LogP contribution in [0.3, 0.4) is 0 Å². The van der Waals surface area contributed by atoms with E-state index in [-0.39, 0.29) is 6.61 Å². The van der Waals surface area contributed by atoms with Gasteiger partial charge in [-0.15, -0.1) is 0 Å². The normalized spacial score (nSPS) is 18.8. The fourth-order valence-corrected chi connectivity index (χ4v) is 2.89. The van der Waals surface area contributed by atoms with Crippen LogP contribution >= 0.6 is 0 Å². The minimum atomic E-state index is 0.209. The molecule has 0 aliphatic carbocycles. The molecule has 1 aliphatic rings. The molecule has 5 heteroatoms. The van der Waals surface area contributed by atoms with Gasteiger partial charge in [-0.05, 0) is 49.2 Å². The summed E-state index contributed by atoms with van der Waals surface area (Å²) in [5, 5.41) is 12.4. The van der Waals surface area contributed by atoms with Crippen molar-refractivity contribution < 1.29 is 5.11 Å². The summed E-state index contributed by atoms with van der Waals surface area (Å²) in [6, 6.07) is 10.3. The molecule has 0 bridgehead atoms. The molecule has 1 atom stereocenters. The van der Waals surface area contributed by atoms with Gasteiger partial charge in [0.1, 0.15) is 11.6 Å². The van der Waals surface area contributed by atoms with Crippen molar-refractivity contribution in [2.45, 2.75) is 18.9 Å². The number of hydrogen-bond donors (Lipinski definition) is 2. The van der Waals surface area contributed by atoms with Crippen molar-refractivity contribution in [1.82, 2.24) is 14.9 Å². The summed E-state index contributed by atoms with van der Waals surface area (Å²) in [5.41, 5.74) is 1.24. The first-order valence-corrected chi connectivity index (χ1v) is 7.36. The lowest BCUT2D eigenvalue weighted by Crippen LogP contribution is -2.26. The number of β-amino-alcohol motifs (C(OH)–C–C–N with tert-alkyl or cyclic N) is 1. The van der Waals surface area contributed by atoms with Crippen LogP contribution in [0.4, 0.5) is 11.6 Å². The van der Waals surface area contributed by atoms with Crippen LogP contribution in [0.1, 0.15) is 24.4 Å². The van der Waals surface area contributed by atoms with Crippen molar-refractivity contribution in [1.29, 1.82) is 0 Å². The summed E-state index contributed by atoms with van der Waals surface area (Å²) in [7, 11) is 0. The molecule has 21 heavy (non-hydrogen) atoms. The van der Waals surface area contributed by atoms with Crippen LogP contribution in [0.2, 0.25) is 0 Å². The Bertz CT molecular complexity index is 575. The number of hydrogen-bond acceptors (Lipinski definition) is 5. The summed E-state index contributed by atoms with van der Waals surface area (Å²) in [6.07, 6.45) is 5.89. The Labute approximate surface area is 124 Å². The van der Waals surface area contributed by atoms with Crippen LogP contribution in [0, 0.1) is 0 Å². The first-order valence-electron chi connectivity index (χ1n) is 7.36. The number of aliphatic hydroxyl groups is 1. The maximum Gasteiger partial charge on any atom is 0.131 e. The molecule has 5 nitrogen and oxygen atoms in total. The molecule has 0 unspecified atom stereocenters. The third kappa shape index (κ3) is 3.37. The average Bonchev–Trinajstić information content (AvgIpc) is 2.97. The number of aliphatic hydroxyl groups excluding tert-OH is 1. The van der Waals surface area contributed by atoms with Gasteiger partial charge in [0.2, 0.25) is 0 Å². The minimum absolute atomic E-state index is 0.209. The van der Waals surface area contributed by atoms with Gasteiger partial charge in [0.25, 0.3) is 0 Å². The fraction of sp³-hybridized carbons (Fsp3) is 0.375. The lowest BCUT2D eigenvalue weighted by atomic mass is 10.1. The van der Waals surface area contributed by atoms with Gasteiger partial charge in [-0.25, -0.2) is 9.97 Å². The van der Waals surface area contributed by atoms with Crippen molar-refractivity contribution in [2.75, 3.05) is 25.0 Å². The average molecular weight is 284 g/mol. The van der Waals surface area contributed by atoms with Crippen LogP contribution in [0.5, 0.6) is 0 Å². The summed E-state index contributed by atoms with van der Waals surface area (Å²) < 4.78 is 0. The van der Waals surface area contributed by atoms with Gasteiger partial charge < -0.3 is 10.4 Å². The molecule has 0 amide bonds. The monoisotopic (exact) mass is 284 g/mol. The molecule has 2 N–H and O–H groups in total. The molecule has 1 aliphatic heterocycles. The lowest BCUT2D eigenvalue weighted by Gasteiger charge is -2.24. The third-order valence-corrected chi connectivity index (χ3v) is 3.84. The Morgan fingerprint density at radius 1 is 1.19 bits per heavy atom. The quantitative estimate of drug-likeness (QED) is 0.882. The van der Waals surface area contributed by atoms with E-state index in [1.807, 2.05) is 24.4 Å². The Balaban J connectivity index is 1.77. The van der Waals surface area contributed by atoms with Gasteiger partial charge in [0.05, 0.1) is 6.61 Å². The zero-order valence-corrected chi connectivity index (χ0v) is 11.9. The second-order valence-electron chi connectivity index (χ2n) is 5.23. The zero-order chi connectivity index (χ0) is 14.5. The molecule has 0 aromatic carbocycles. The summed E-state index contributed by atoms with van der Waals surface area (Å²) in [5.74, 6) is 1.60. The van der Waals surface area contributed by atoms with E-state index in [1.54, 1.807) is 6.20 Å². The molecule has 1 saturated heterocycles. The van der Waals surface area contributed by atoms with E-state index >= 15 is 0 Å². The number of pyridine rings is 2. The predicted molar refractivity (Wildman–Crippen MR) is 82.4 cm³/mol. The number of rotatable bonds is 5. The molecule has 0 saturated carbocycles. The largest absolute Gasteiger partial charge is 0.395 e. The Morgan fingerprint density at radius 2 is 2.10 bits per heavy atom. The highest BCUT2D eigenvalue weighted by molar-refractivity contribution is 5.52. The molecule has 0 spiro atoms. The molecule has 0 radical (unpaired) electrons. The first kappa shape index (κ1) is 14.0. The molecule has 1 fully saturated rings. The smallest absolute Gasteiger partial charge is 0.131 e. The first-order chi connectivity index (χ1) is 10.4. The summed E-state index contributed by atoms with van der Waals surface area (Å²) >= 11 is 0. The zero-order valence-electron chi connectivity index (χ0n) is 11.9. The van der Waals surface area contributed by atoms with Gasteiger partial charge in [-0.1, -0.05) is 6.07 Å². The van der Waals surface area contributed by atoms with Crippen molar-refractivity contribution in [2.24, 2.45) is 0 Å². The predicted octanol–water partition coefficient (Wildman–Crippen LogP) is 2.35. The number of likely N-dealkylation sites (tertiary alicyclic amines) is 1. The van der Waals surface area contributed by atoms with Crippen LogP contribution in [0.15, 0.2) is 42.7 Å². The second kappa shape index (κ2) is 6.65. The Hall–Kier alpha value is -1.98. The van der Waals surface area contributed by atoms with E-state index in [0.717, 1.165) is 31.1 Å². The van der Waals surface area contributed by atoms with Gasteiger partial charge in [0, 0.05) is 25.0 Å². The second-order valence-corrected chi connectivity index (χ2v) is 5.23. The highest BCUT2D eigenvalue weighted by Crippen LogP contribution is 2.32. The lowest BCUT2D eigenvalue weighted by molar-refractivity contribution is 0.185. The van der Waals surface area contributed by atoms with Crippen LogP contribution in [0.25, 0.3) is 0 Å². The Morgan fingerprint density at radius 3 is 2.90 bits per heavy atom. The molecule has 2 aromatic heterocycles. The van der Waals surface area contributed by atoms with Crippen molar-refractivity contribution in [3.63, 3.8) is 0 Å². The topological polar surface area (TPSA) is 61.3 Å². The van der Waals surface area contributed by atoms with Gasteiger partial charge in [-0.3, -0.25) is 4.90 Å². The fourth-order valence-electron chi connectivity index (χ4n) is 2.89. The van der Waals surface area contributed by atoms with Gasteiger partial charge >= 0.3 is 0 Å². The number of nitrogens with one attached hydrogen (secondary N) is 1. The molecule has 110 valence electrons. The van der Waals surface area contributed by atoms with Crippen LogP contribution < -0.4 is 5.32 Å². The van der Waals surface area contributed by atoms with Gasteiger partial charge in [-0.2, -0.15) is 0 Å². The highest BCUT2D eigenvalue weighted by Gasteiger charge is 2.25. The van der Waals surface area contributed by atoms with Crippen LogP contribution in [-0.4, -0.2) is 39.7 Å². The standard InChI is InChI=1S/C16H20N4O/c21-11-10-20-9-3-4-14(20)13-6-8-18-16(12-13)19-15-5-1-2-7-17-15/h1-2,5-8,12,14,21H,3-4,9-11H2,(H,17,18,19)/t14-/m0/s1. The summed E-state index contributed by atoms with van der Waals surface area (Å²) in [4.78, 5) is 10.9. The van der Waals surface area contributed by atoms with Crippen LogP contribution in [-0.2, 0) is 0 Å². The number of nitrogens with zero attached hydrogens (tertiary/aromatic N) is 3. The number of aromatic nitrogens is 2. The van der Waals surface area contributed by atoms with Crippen molar-refractivity contribution in [3.05, 3.63) is 48.3 Å². The summed E-state index contributed by atoms with van der Waals surface area (Å²) in [6.45, 7) is 1.99. The minimum Gasteiger partial charge on any atom is -0.395 e. The van der Waals surface area contributed by atoms with Crippen molar-refractivity contribution >= 4 is 11.6 Å². The van der Waals surface area contributed by atoms with Crippen molar-refractivity contribution in [3.8, 4) is 0 Å². The van der Waals surface area contributed by atoms with E-state index in [4.69, 9.17) is 5.11 Å². The molecular formula is C16H20N4O. The highest BCUT2D eigenvalue weighted by atomic mass is 16.3. The van der Waals surface area contributed by atoms with E-state index in [0.29, 0.717) is 6.04 Å². The van der Waals surface area contributed by atoms with E-state index < -0.39 is 0 Å².